The van der Waals surface area contributed by atoms with Crippen LogP contribution in [0, 0.1) is 12.3 Å². The third-order valence-corrected chi connectivity index (χ3v) is 2.73. The number of amides is 1. The fraction of sp³-hybridized carbons (Fsp3) is 0.400. The Kier molecular flexibility index (Phi) is 5.74. The second-order valence-corrected chi connectivity index (χ2v) is 4.05. The molecule has 1 amide bonds. The van der Waals surface area contributed by atoms with E-state index in [-0.39, 0.29) is 11.9 Å². The summed E-state index contributed by atoms with van der Waals surface area (Å²) in [6.07, 6.45) is 7.05. The van der Waals surface area contributed by atoms with E-state index in [9.17, 15) is 4.79 Å². The van der Waals surface area contributed by atoms with Crippen molar-refractivity contribution in [1.29, 1.82) is 0 Å². The van der Waals surface area contributed by atoms with E-state index < -0.39 is 0 Å². The Morgan fingerprint density at radius 1 is 1.37 bits per heavy atom. The van der Waals surface area contributed by atoms with Gasteiger partial charge in [-0.2, -0.15) is 0 Å². The number of terminal acetylenes is 1. The lowest BCUT2D eigenvalue weighted by atomic mass is 10.1. The van der Waals surface area contributed by atoms with E-state index in [0.29, 0.717) is 17.1 Å². The highest BCUT2D eigenvalue weighted by Gasteiger charge is 2.13. The van der Waals surface area contributed by atoms with Gasteiger partial charge in [0.15, 0.2) is 11.5 Å². The number of hydrogen-bond acceptors (Lipinski definition) is 3. The zero-order valence-corrected chi connectivity index (χ0v) is 11.5. The summed E-state index contributed by atoms with van der Waals surface area (Å²) in [5.41, 5.74) is 0.494. The topological polar surface area (TPSA) is 47.6 Å². The minimum atomic E-state index is -0.245. The Morgan fingerprint density at radius 3 is 2.58 bits per heavy atom. The van der Waals surface area contributed by atoms with E-state index in [4.69, 9.17) is 15.9 Å². The molecule has 0 heterocycles. The second-order valence-electron chi connectivity index (χ2n) is 4.05. The summed E-state index contributed by atoms with van der Waals surface area (Å²) < 4.78 is 10.3. The molecule has 1 atom stereocenters. The number of rotatable bonds is 6. The van der Waals surface area contributed by atoms with E-state index in [1.54, 1.807) is 25.3 Å². The fourth-order valence-corrected chi connectivity index (χ4v) is 1.70. The number of ether oxygens (including phenoxy) is 2. The molecule has 0 aliphatic carbocycles. The van der Waals surface area contributed by atoms with Crippen molar-refractivity contribution in [1.82, 2.24) is 5.32 Å². The summed E-state index contributed by atoms with van der Waals surface area (Å²) >= 11 is 0. The van der Waals surface area contributed by atoms with Gasteiger partial charge in [-0.15, -0.1) is 6.42 Å². The minimum Gasteiger partial charge on any atom is -0.493 e. The first-order valence-electron chi connectivity index (χ1n) is 6.15. The van der Waals surface area contributed by atoms with Gasteiger partial charge in [0.25, 0.3) is 5.91 Å². The highest BCUT2D eigenvalue weighted by molar-refractivity contribution is 5.95. The molecule has 4 nitrogen and oxygen atoms in total. The number of carbonyl (C=O) groups is 1. The molecule has 1 rings (SSSR count). The lowest BCUT2D eigenvalue weighted by Crippen LogP contribution is -2.33. The molecule has 0 aliphatic rings. The molecular formula is C15H19NO3. The van der Waals surface area contributed by atoms with Crippen LogP contribution in [0.2, 0.25) is 0 Å². The summed E-state index contributed by atoms with van der Waals surface area (Å²) in [6.45, 7) is 2.02. The van der Waals surface area contributed by atoms with Crippen molar-refractivity contribution in [2.75, 3.05) is 14.2 Å². The number of carbonyl (C=O) groups excluding carboxylic acids is 1. The van der Waals surface area contributed by atoms with Crippen molar-refractivity contribution in [2.45, 2.75) is 25.8 Å². The fourth-order valence-electron chi connectivity index (χ4n) is 1.70. The quantitative estimate of drug-likeness (QED) is 0.799. The van der Waals surface area contributed by atoms with Crippen molar-refractivity contribution in [2.24, 2.45) is 0 Å². The van der Waals surface area contributed by atoms with Gasteiger partial charge in [-0.3, -0.25) is 4.79 Å². The molecule has 0 aliphatic heterocycles. The van der Waals surface area contributed by atoms with Crippen molar-refractivity contribution < 1.29 is 14.3 Å². The van der Waals surface area contributed by atoms with Crippen molar-refractivity contribution >= 4 is 5.91 Å². The maximum Gasteiger partial charge on any atom is 0.252 e. The number of hydrogen-bond donors (Lipinski definition) is 1. The molecule has 1 N–H and O–H groups in total. The van der Waals surface area contributed by atoms with Crippen LogP contribution in [0.5, 0.6) is 11.5 Å². The lowest BCUT2D eigenvalue weighted by molar-refractivity contribution is 0.0944. The van der Waals surface area contributed by atoms with E-state index in [0.717, 1.165) is 12.8 Å². The Bertz CT molecular complexity index is 477. The molecule has 102 valence electrons. The number of benzene rings is 1. The average Bonchev–Trinajstić information content (AvgIpc) is 2.45. The van der Waals surface area contributed by atoms with Gasteiger partial charge in [-0.1, -0.05) is 19.3 Å². The zero-order chi connectivity index (χ0) is 14.3. The van der Waals surface area contributed by atoms with Gasteiger partial charge in [0.2, 0.25) is 0 Å². The Morgan fingerprint density at radius 2 is 2.05 bits per heavy atom. The van der Waals surface area contributed by atoms with Gasteiger partial charge in [0, 0.05) is 5.56 Å². The Labute approximate surface area is 114 Å². The first-order valence-corrected chi connectivity index (χ1v) is 6.15. The van der Waals surface area contributed by atoms with E-state index in [2.05, 4.69) is 11.2 Å². The monoisotopic (exact) mass is 261 g/mol. The van der Waals surface area contributed by atoms with Crippen molar-refractivity contribution in [3.05, 3.63) is 23.8 Å². The molecule has 0 fully saturated rings. The second kappa shape index (κ2) is 7.32. The first kappa shape index (κ1) is 14.9. The van der Waals surface area contributed by atoms with Gasteiger partial charge < -0.3 is 14.8 Å². The molecule has 1 aromatic carbocycles. The average molecular weight is 261 g/mol. The highest BCUT2D eigenvalue weighted by Crippen LogP contribution is 2.27. The Balaban J connectivity index is 2.85. The molecule has 0 saturated carbocycles. The van der Waals surface area contributed by atoms with E-state index in [1.165, 1.54) is 7.11 Å². The van der Waals surface area contributed by atoms with Gasteiger partial charge in [0.05, 0.1) is 20.3 Å². The van der Waals surface area contributed by atoms with Crippen LogP contribution in [0.3, 0.4) is 0 Å². The van der Waals surface area contributed by atoms with Crippen LogP contribution in [0.15, 0.2) is 18.2 Å². The molecular weight excluding hydrogens is 242 g/mol. The molecule has 0 bridgehead atoms. The summed E-state index contributed by atoms with van der Waals surface area (Å²) in [5.74, 6) is 3.46. The molecule has 1 unspecified atom stereocenters. The van der Waals surface area contributed by atoms with Gasteiger partial charge in [0.1, 0.15) is 0 Å². The van der Waals surface area contributed by atoms with Crippen LogP contribution in [0.1, 0.15) is 30.1 Å². The van der Waals surface area contributed by atoms with Crippen LogP contribution in [-0.2, 0) is 0 Å². The maximum atomic E-state index is 12.1. The van der Waals surface area contributed by atoms with Crippen LogP contribution in [0.25, 0.3) is 0 Å². The molecule has 0 saturated heterocycles. The number of nitrogens with one attached hydrogen (secondary N) is 1. The molecule has 1 aromatic rings. The zero-order valence-electron chi connectivity index (χ0n) is 11.5. The highest BCUT2D eigenvalue weighted by atomic mass is 16.5. The summed E-state index contributed by atoms with van der Waals surface area (Å²) in [5, 5.41) is 2.80. The minimum absolute atomic E-state index is 0.211. The summed E-state index contributed by atoms with van der Waals surface area (Å²) in [6, 6.07) is 4.76. The van der Waals surface area contributed by atoms with Crippen LogP contribution < -0.4 is 14.8 Å². The summed E-state index contributed by atoms with van der Waals surface area (Å²) in [4.78, 5) is 12.1. The third-order valence-electron chi connectivity index (χ3n) is 2.73. The summed E-state index contributed by atoms with van der Waals surface area (Å²) in [7, 11) is 3.08. The van der Waals surface area contributed by atoms with Crippen molar-refractivity contribution in [3.8, 4) is 23.8 Å². The number of methoxy groups -OCH3 is 2. The van der Waals surface area contributed by atoms with Crippen LogP contribution >= 0.6 is 0 Å². The molecule has 0 spiro atoms. The van der Waals surface area contributed by atoms with Crippen molar-refractivity contribution in [3.63, 3.8) is 0 Å². The van der Waals surface area contributed by atoms with E-state index >= 15 is 0 Å². The third kappa shape index (κ3) is 3.92. The van der Waals surface area contributed by atoms with Crippen LogP contribution in [-0.4, -0.2) is 26.2 Å². The van der Waals surface area contributed by atoms with E-state index in [1.807, 2.05) is 6.92 Å². The molecule has 0 aromatic heterocycles. The molecule has 19 heavy (non-hydrogen) atoms. The lowest BCUT2D eigenvalue weighted by Gasteiger charge is -2.13. The molecule has 4 heteroatoms. The predicted octanol–water partition coefficient (Wildman–Crippen LogP) is 2.24. The predicted molar refractivity (Wildman–Crippen MR) is 74.5 cm³/mol. The van der Waals surface area contributed by atoms with Gasteiger partial charge in [-0.25, -0.2) is 0 Å². The van der Waals surface area contributed by atoms with Gasteiger partial charge in [-0.05, 0) is 24.6 Å². The first-order chi connectivity index (χ1) is 9.15. The van der Waals surface area contributed by atoms with Gasteiger partial charge >= 0.3 is 0 Å². The maximum absolute atomic E-state index is 12.1. The molecule has 0 radical (unpaired) electrons. The van der Waals surface area contributed by atoms with Crippen LogP contribution in [0.4, 0.5) is 0 Å². The normalized spacial score (nSPS) is 11.3. The SMILES string of the molecule is C#CC(CCC)NC(=O)c1ccc(OC)c(OC)c1. The Hall–Kier alpha value is -2.15. The largest absolute Gasteiger partial charge is 0.493 e. The smallest absolute Gasteiger partial charge is 0.252 e. The standard InChI is InChI=1S/C15H19NO3/c1-5-7-12(6-2)16-15(17)11-8-9-13(18-3)14(10-11)19-4/h2,8-10,12H,5,7H2,1,3-4H3,(H,16,17).